The Balaban J connectivity index is 2.61. The van der Waals surface area contributed by atoms with E-state index in [4.69, 9.17) is 0 Å². The van der Waals surface area contributed by atoms with Crippen molar-refractivity contribution in [1.29, 1.82) is 0 Å². The smallest absolute Gasteiger partial charge is 0.502 e. The molecule has 0 bridgehead atoms. The Kier molecular flexibility index (Phi) is 5.08. The lowest BCUT2D eigenvalue weighted by atomic mass is 10.2. The zero-order valence-electron chi connectivity index (χ0n) is 13.2. The Morgan fingerprint density at radius 1 is 0.640 bits per heavy atom. The van der Waals surface area contributed by atoms with Gasteiger partial charge < -0.3 is 8.85 Å². The fourth-order valence-corrected chi connectivity index (χ4v) is 3.97. The number of aryl methyl sites for hydroxylation is 2. The molecule has 2 aromatic carbocycles. The van der Waals surface area contributed by atoms with Crippen LogP contribution in [0, 0.1) is 13.8 Å². The van der Waals surface area contributed by atoms with Crippen molar-refractivity contribution in [2.24, 2.45) is 0 Å². The minimum atomic E-state index is -6.74. The molecule has 0 N–H and O–H groups in total. The highest BCUT2D eigenvalue weighted by Crippen LogP contribution is 2.44. The van der Waals surface area contributed by atoms with Gasteiger partial charge in [-0.3, -0.25) is 0 Å². The third-order valence-electron chi connectivity index (χ3n) is 3.44. The van der Waals surface area contributed by atoms with Crippen molar-refractivity contribution in [3.63, 3.8) is 0 Å². The van der Waals surface area contributed by atoms with Crippen molar-refractivity contribution in [2.75, 3.05) is 0 Å². The highest BCUT2D eigenvalue weighted by molar-refractivity contribution is 6.73. The third-order valence-corrected chi connectivity index (χ3v) is 5.95. The Labute approximate surface area is 141 Å². The largest absolute Gasteiger partial charge is 0.685 e. The summed E-state index contributed by atoms with van der Waals surface area (Å²) < 4.78 is 90.8. The van der Waals surface area contributed by atoms with E-state index >= 15 is 0 Å². The van der Waals surface area contributed by atoms with Crippen LogP contribution < -0.4 is 8.85 Å². The van der Waals surface area contributed by atoms with E-state index in [1.54, 1.807) is 0 Å². The molecule has 136 valence electrons. The molecular weight excluding hydrogens is 366 g/mol. The highest BCUT2D eigenvalue weighted by Gasteiger charge is 2.84. The maximum Gasteiger partial charge on any atom is 0.685 e. The maximum absolute atomic E-state index is 13.6. The van der Waals surface area contributed by atoms with Crippen molar-refractivity contribution in [3.8, 4) is 11.5 Å². The van der Waals surface area contributed by atoms with Gasteiger partial charge in [-0.05, 0) is 37.1 Å². The van der Waals surface area contributed by atoms with E-state index in [1.165, 1.54) is 50.2 Å². The summed E-state index contributed by atoms with van der Waals surface area (Å²) >= 11 is 0. The van der Waals surface area contributed by atoms with Gasteiger partial charge in [0, 0.05) is 0 Å². The molecule has 0 aliphatic heterocycles. The molecule has 0 heterocycles. The lowest BCUT2D eigenvalue weighted by Crippen LogP contribution is -2.71. The number of alkyl halides is 6. The molecule has 0 aromatic heterocycles. The predicted octanol–water partition coefficient (Wildman–Crippen LogP) is 5.41. The quantitative estimate of drug-likeness (QED) is 0.522. The van der Waals surface area contributed by atoms with Gasteiger partial charge in [-0.15, -0.1) is 0 Å². The second-order valence-corrected chi connectivity index (χ2v) is 8.12. The van der Waals surface area contributed by atoms with Gasteiger partial charge in [-0.2, -0.15) is 26.3 Å². The first-order chi connectivity index (χ1) is 11.5. The molecule has 0 unspecified atom stereocenters. The summed E-state index contributed by atoms with van der Waals surface area (Å²) in [5.41, 5.74) is 0.280. The molecule has 0 aliphatic carbocycles. The molecule has 2 nitrogen and oxygen atoms in total. The molecule has 0 aliphatic rings. The minimum Gasteiger partial charge on any atom is -0.502 e. The van der Waals surface area contributed by atoms with Gasteiger partial charge in [-0.25, -0.2) is 0 Å². The molecular formula is C16H14F6O2Si. The van der Waals surface area contributed by atoms with Crippen LogP contribution in [0.5, 0.6) is 11.5 Å². The van der Waals surface area contributed by atoms with Crippen molar-refractivity contribution in [1.82, 2.24) is 0 Å². The van der Waals surface area contributed by atoms with Crippen LogP contribution in [0.4, 0.5) is 26.3 Å². The zero-order valence-corrected chi connectivity index (χ0v) is 14.2. The molecule has 0 saturated heterocycles. The van der Waals surface area contributed by atoms with Crippen LogP contribution in [-0.2, 0) is 0 Å². The van der Waals surface area contributed by atoms with Crippen LogP contribution in [0.2, 0.25) is 0 Å². The molecule has 0 fully saturated rings. The number of hydrogen-bond acceptors (Lipinski definition) is 2. The Morgan fingerprint density at radius 2 is 0.960 bits per heavy atom. The van der Waals surface area contributed by atoms with Crippen molar-refractivity contribution >= 4 is 8.56 Å². The SMILES string of the molecule is Cc1ccccc1O[Si](Oc1ccccc1C)(C(F)(F)F)C(F)(F)F. The van der Waals surface area contributed by atoms with Crippen LogP contribution in [0.3, 0.4) is 0 Å². The summed E-state index contributed by atoms with van der Waals surface area (Å²) in [4.78, 5) is 0. The average Bonchev–Trinajstić information content (AvgIpc) is 2.48. The van der Waals surface area contributed by atoms with Crippen LogP contribution in [-0.4, -0.2) is 20.2 Å². The second kappa shape index (κ2) is 6.62. The van der Waals surface area contributed by atoms with E-state index in [2.05, 4.69) is 8.85 Å². The van der Waals surface area contributed by atoms with Gasteiger partial charge in [0.15, 0.2) is 0 Å². The second-order valence-electron chi connectivity index (χ2n) is 5.35. The van der Waals surface area contributed by atoms with E-state index in [-0.39, 0.29) is 11.1 Å². The normalized spacial score (nSPS) is 12.8. The molecule has 0 spiro atoms. The van der Waals surface area contributed by atoms with E-state index in [1.807, 2.05) is 0 Å². The van der Waals surface area contributed by atoms with Gasteiger partial charge in [0.05, 0.1) is 0 Å². The van der Waals surface area contributed by atoms with Gasteiger partial charge >= 0.3 is 20.2 Å². The molecule has 9 heteroatoms. The minimum absolute atomic E-state index is 0.140. The first kappa shape index (κ1) is 19.2. The Bertz CT molecular complexity index is 678. The zero-order chi connectivity index (χ0) is 18.9. The van der Waals surface area contributed by atoms with Crippen LogP contribution >= 0.6 is 0 Å². The van der Waals surface area contributed by atoms with E-state index < -0.39 is 31.7 Å². The van der Waals surface area contributed by atoms with Gasteiger partial charge in [-0.1, -0.05) is 36.4 Å². The van der Waals surface area contributed by atoms with Gasteiger partial charge in [0.25, 0.3) is 0 Å². The van der Waals surface area contributed by atoms with Crippen LogP contribution in [0.25, 0.3) is 0 Å². The number of benzene rings is 2. The third kappa shape index (κ3) is 3.76. The first-order valence-corrected chi connectivity index (χ1v) is 8.92. The lowest BCUT2D eigenvalue weighted by Gasteiger charge is -2.34. The van der Waals surface area contributed by atoms with Crippen molar-refractivity contribution in [2.45, 2.75) is 25.4 Å². The topological polar surface area (TPSA) is 18.5 Å². The van der Waals surface area contributed by atoms with Gasteiger partial charge in [0.1, 0.15) is 11.5 Å². The summed E-state index contributed by atoms with van der Waals surface area (Å²) in [7, 11) is -6.74. The first-order valence-electron chi connectivity index (χ1n) is 7.11. The lowest BCUT2D eigenvalue weighted by molar-refractivity contribution is -0.149. The number of para-hydroxylation sites is 2. The highest BCUT2D eigenvalue weighted by atomic mass is 28.4. The molecule has 0 radical (unpaired) electrons. The monoisotopic (exact) mass is 380 g/mol. The molecule has 0 atom stereocenters. The molecule has 2 aromatic rings. The standard InChI is InChI=1S/C16H14F6O2Si/c1-11-7-3-5-9-13(11)23-25(15(17,18)19,16(20,21)22)24-14-10-6-4-8-12(14)2/h3-10H,1-2H3. The van der Waals surface area contributed by atoms with E-state index in [0.29, 0.717) is 0 Å². The van der Waals surface area contributed by atoms with Gasteiger partial charge in [0.2, 0.25) is 0 Å². The summed E-state index contributed by atoms with van der Waals surface area (Å²) in [6.45, 7) is 2.71. The number of rotatable bonds is 4. The predicted molar refractivity (Wildman–Crippen MR) is 81.5 cm³/mol. The maximum atomic E-state index is 13.6. The Hall–Kier alpha value is -2.16. The fraction of sp³-hybridized carbons (Fsp3) is 0.250. The Morgan fingerprint density at radius 3 is 1.24 bits per heavy atom. The summed E-state index contributed by atoms with van der Waals surface area (Å²) in [5, 5.41) is 0. The summed E-state index contributed by atoms with van der Waals surface area (Å²) in [6.07, 6.45) is 0. The van der Waals surface area contributed by atoms with E-state index in [0.717, 1.165) is 12.1 Å². The molecule has 0 saturated carbocycles. The molecule has 2 rings (SSSR count). The van der Waals surface area contributed by atoms with Crippen LogP contribution in [0.1, 0.15) is 11.1 Å². The molecule has 0 amide bonds. The van der Waals surface area contributed by atoms with Crippen molar-refractivity contribution in [3.05, 3.63) is 59.7 Å². The summed E-state index contributed by atoms with van der Waals surface area (Å²) in [5.74, 6) is -12.5. The molecule has 25 heavy (non-hydrogen) atoms. The number of halogens is 6. The number of hydrogen-bond donors (Lipinski definition) is 0. The van der Waals surface area contributed by atoms with Crippen molar-refractivity contribution < 1.29 is 35.2 Å². The summed E-state index contributed by atoms with van der Waals surface area (Å²) in [6, 6.07) is 10.4. The average molecular weight is 380 g/mol. The van der Waals surface area contributed by atoms with E-state index in [9.17, 15) is 26.3 Å². The van der Waals surface area contributed by atoms with Crippen LogP contribution in [0.15, 0.2) is 48.5 Å². The fourth-order valence-electron chi connectivity index (χ4n) is 2.06.